The minimum Gasteiger partial charge on any atom is -0.389 e. The summed E-state index contributed by atoms with van der Waals surface area (Å²) in [7, 11) is 0. The van der Waals surface area contributed by atoms with E-state index >= 15 is 0 Å². The highest BCUT2D eigenvalue weighted by molar-refractivity contribution is 5.68. The van der Waals surface area contributed by atoms with Gasteiger partial charge < -0.3 is 19.3 Å². The number of nitrogens with zero attached hydrogens (tertiary/aromatic N) is 3. The Morgan fingerprint density at radius 1 is 1.23 bits per heavy atom. The van der Waals surface area contributed by atoms with Crippen LogP contribution >= 0.6 is 0 Å². The Bertz CT molecular complexity index is 741. The lowest BCUT2D eigenvalue weighted by atomic mass is 9.98. The number of piperidine rings is 1. The second-order valence-corrected chi connectivity index (χ2v) is 8.40. The van der Waals surface area contributed by atoms with E-state index in [9.17, 15) is 5.11 Å². The first-order valence-corrected chi connectivity index (χ1v) is 11.4. The number of aromatic nitrogens is 1. The van der Waals surface area contributed by atoms with Crippen molar-refractivity contribution in [2.45, 2.75) is 52.7 Å². The molecule has 0 saturated carbocycles. The molecule has 0 bridgehead atoms. The molecule has 1 atom stereocenters. The number of rotatable bonds is 11. The molecule has 6 nitrogen and oxygen atoms in total. The van der Waals surface area contributed by atoms with Crippen LogP contribution in [-0.4, -0.2) is 60.7 Å². The summed E-state index contributed by atoms with van der Waals surface area (Å²) < 4.78 is 11.4. The second kappa shape index (κ2) is 11.5. The van der Waals surface area contributed by atoms with Crippen LogP contribution in [0.2, 0.25) is 0 Å². The number of aliphatic hydroxyl groups is 1. The van der Waals surface area contributed by atoms with Crippen LogP contribution in [0.15, 0.2) is 34.9 Å². The van der Waals surface area contributed by atoms with Crippen molar-refractivity contribution in [1.29, 1.82) is 0 Å². The third kappa shape index (κ3) is 6.06. The highest BCUT2D eigenvalue weighted by atomic mass is 16.5. The Morgan fingerprint density at radius 2 is 1.97 bits per heavy atom. The van der Waals surface area contributed by atoms with Gasteiger partial charge in [-0.3, -0.25) is 4.90 Å². The highest BCUT2D eigenvalue weighted by Crippen LogP contribution is 2.34. The molecule has 0 amide bonds. The van der Waals surface area contributed by atoms with Crippen molar-refractivity contribution in [3.63, 3.8) is 0 Å². The lowest BCUT2D eigenvalue weighted by molar-refractivity contribution is 0.0196. The summed E-state index contributed by atoms with van der Waals surface area (Å²) in [4.78, 5) is 4.63. The van der Waals surface area contributed by atoms with Gasteiger partial charge in [0.15, 0.2) is 0 Å². The van der Waals surface area contributed by atoms with Crippen LogP contribution in [0.5, 0.6) is 0 Å². The molecule has 1 aromatic carbocycles. The van der Waals surface area contributed by atoms with Gasteiger partial charge >= 0.3 is 0 Å². The first kappa shape index (κ1) is 22.8. The monoisotopic (exact) mass is 415 g/mol. The van der Waals surface area contributed by atoms with Crippen molar-refractivity contribution in [3.8, 4) is 11.3 Å². The van der Waals surface area contributed by atoms with E-state index in [1.807, 2.05) is 25.1 Å². The van der Waals surface area contributed by atoms with Crippen molar-refractivity contribution in [2.24, 2.45) is 5.92 Å². The fourth-order valence-corrected chi connectivity index (χ4v) is 4.11. The quantitative estimate of drug-likeness (QED) is 0.594. The Balaban J connectivity index is 1.86. The van der Waals surface area contributed by atoms with Gasteiger partial charge in [-0.1, -0.05) is 49.3 Å². The van der Waals surface area contributed by atoms with Crippen molar-refractivity contribution in [2.75, 3.05) is 44.3 Å². The van der Waals surface area contributed by atoms with Gasteiger partial charge in [-0.2, -0.15) is 0 Å². The van der Waals surface area contributed by atoms with Gasteiger partial charge in [0.2, 0.25) is 5.88 Å². The molecule has 1 aliphatic rings. The summed E-state index contributed by atoms with van der Waals surface area (Å²) in [5, 5.41) is 14.9. The largest absolute Gasteiger partial charge is 0.389 e. The van der Waals surface area contributed by atoms with Gasteiger partial charge in [0.1, 0.15) is 5.69 Å². The summed E-state index contributed by atoms with van der Waals surface area (Å²) >= 11 is 0. The summed E-state index contributed by atoms with van der Waals surface area (Å²) in [6, 6.07) is 10.2. The molecule has 1 N–H and O–H groups in total. The zero-order chi connectivity index (χ0) is 21.3. The average molecular weight is 416 g/mol. The van der Waals surface area contributed by atoms with Crippen LogP contribution in [0.25, 0.3) is 11.3 Å². The van der Waals surface area contributed by atoms with Crippen LogP contribution in [-0.2, 0) is 11.3 Å². The third-order valence-electron chi connectivity index (χ3n) is 5.79. The number of ether oxygens (including phenoxy) is 1. The first-order chi connectivity index (χ1) is 14.6. The standard InChI is InChI=1S/C24H37N3O3/c1-4-13-26(16-21(28)18-29-5-2)17-22-23(20-9-7-6-8-10-20)25-30-24(22)27-14-11-19(3)12-15-27/h6-10,19,21,28H,4-5,11-18H2,1-3H3. The molecule has 1 fully saturated rings. The lowest BCUT2D eigenvalue weighted by Crippen LogP contribution is -2.36. The SMILES string of the molecule is CCCN(Cc1c(-c2ccccc2)noc1N1CCC(C)CC1)CC(O)COCC. The molecular weight excluding hydrogens is 378 g/mol. The van der Waals surface area contributed by atoms with Gasteiger partial charge in [0.05, 0.1) is 18.3 Å². The molecule has 1 aliphatic heterocycles. The van der Waals surface area contributed by atoms with Gasteiger partial charge in [0, 0.05) is 38.3 Å². The minimum atomic E-state index is -0.504. The Labute approximate surface area is 180 Å². The van der Waals surface area contributed by atoms with Crippen molar-refractivity contribution in [3.05, 3.63) is 35.9 Å². The van der Waals surface area contributed by atoms with Crippen LogP contribution in [0.4, 0.5) is 5.88 Å². The van der Waals surface area contributed by atoms with Gasteiger partial charge in [-0.15, -0.1) is 0 Å². The van der Waals surface area contributed by atoms with E-state index in [4.69, 9.17) is 9.26 Å². The molecule has 30 heavy (non-hydrogen) atoms. The minimum absolute atomic E-state index is 0.364. The Hall–Kier alpha value is -1.89. The number of hydrogen-bond acceptors (Lipinski definition) is 6. The molecular formula is C24H37N3O3. The second-order valence-electron chi connectivity index (χ2n) is 8.40. The summed E-state index contributed by atoms with van der Waals surface area (Å²) in [5.74, 6) is 1.65. The maximum Gasteiger partial charge on any atom is 0.232 e. The predicted octanol–water partition coefficient (Wildman–Crippen LogP) is 4.19. The Morgan fingerprint density at radius 3 is 2.63 bits per heavy atom. The molecule has 3 rings (SSSR count). The summed E-state index contributed by atoms with van der Waals surface area (Å²) in [6.45, 7) is 11.6. The average Bonchev–Trinajstić information content (AvgIpc) is 3.17. The van der Waals surface area contributed by atoms with E-state index in [1.165, 1.54) is 12.8 Å². The third-order valence-corrected chi connectivity index (χ3v) is 5.79. The van der Waals surface area contributed by atoms with Crippen LogP contribution in [0.3, 0.4) is 0 Å². The van der Waals surface area contributed by atoms with E-state index < -0.39 is 6.10 Å². The van der Waals surface area contributed by atoms with Crippen molar-refractivity contribution < 1.29 is 14.4 Å². The van der Waals surface area contributed by atoms with Crippen molar-refractivity contribution in [1.82, 2.24) is 10.1 Å². The molecule has 6 heteroatoms. The zero-order valence-electron chi connectivity index (χ0n) is 18.7. The number of hydrogen-bond donors (Lipinski definition) is 1. The van der Waals surface area contributed by atoms with Crippen LogP contribution in [0.1, 0.15) is 45.6 Å². The van der Waals surface area contributed by atoms with E-state index in [2.05, 4.69) is 40.9 Å². The first-order valence-electron chi connectivity index (χ1n) is 11.4. The normalized spacial score (nSPS) is 16.4. The van der Waals surface area contributed by atoms with Gasteiger partial charge in [-0.05, 0) is 38.6 Å². The maximum atomic E-state index is 10.4. The Kier molecular flexibility index (Phi) is 8.73. The van der Waals surface area contributed by atoms with Crippen molar-refractivity contribution >= 4 is 5.88 Å². The molecule has 2 heterocycles. The van der Waals surface area contributed by atoms with Gasteiger partial charge in [-0.25, -0.2) is 0 Å². The molecule has 1 aromatic heterocycles. The van der Waals surface area contributed by atoms with Gasteiger partial charge in [0.25, 0.3) is 0 Å². The van der Waals surface area contributed by atoms with Crippen LogP contribution < -0.4 is 4.90 Å². The predicted molar refractivity (Wildman–Crippen MR) is 121 cm³/mol. The summed E-state index contributed by atoms with van der Waals surface area (Å²) in [5.41, 5.74) is 3.09. The van der Waals surface area contributed by atoms with Crippen LogP contribution in [0, 0.1) is 5.92 Å². The molecule has 0 spiro atoms. The molecule has 166 valence electrons. The molecule has 1 unspecified atom stereocenters. The lowest BCUT2D eigenvalue weighted by Gasteiger charge is -2.31. The molecule has 2 aromatic rings. The summed E-state index contributed by atoms with van der Waals surface area (Å²) in [6.07, 6.45) is 2.86. The number of benzene rings is 1. The smallest absolute Gasteiger partial charge is 0.232 e. The number of anilines is 1. The fourth-order valence-electron chi connectivity index (χ4n) is 4.11. The fraction of sp³-hybridized carbons (Fsp3) is 0.625. The zero-order valence-corrected chi connectivity index (χ0v) is 18.7. The molecule has 1 saturated heterocycles. The number of aliphatic hydroxyl groups excluding tert-OH is 1. The molecule has 0 aliphatic carbocycles. The van der Waals surface area contributed by atoms with E-state index in [-0.39, 0.29) is 0 Å². The van der Waals surface area contributed by atoms with E-state index in [0.717, 1.165) is 54.7 Å². The van der Waals surface area contributed by atoms with E-state index in [1.54, 1.807) is 0 Å². The highest BCUT2D eigenvalue weighted by Gasteiger charge is 2.27. The maximum absolute atomic E-state index is 10.4. The molecule has 0 radical (unpaired) electrons. The topological polar surface area (TPSA) is 62.0 Å². The van der Waals surface area contributed by atoms with E-state index in [0.29, 0.717) is 26.3 Å².